The summed E-state index contributed by atoms with van der Waals surface area (Å²) in [5.41, 5.74) is 10.8. The maximum Gasteiger partial charge on any atom is 0.166 e. The maximum atomic E-state index is 13.2. The Morgan fingerprint density at radius 2 is 1.60 bits per heavy atom. The Balaban J connectivity index is 1.06. The minimum Gasteiger partial charge on any atom is -0.494 e. The van der Waals surface area contributed by atoms with Crippen LogP contribution in [0, 0.1) is 27.7 Å². The molecular formula is C49H57Cl2N7O4S. The number of nitrogens with zero attached hydrogens (tertiary/aromatic N) is 7. The monoisotopic (exact) mass is 909 g/mol. The molecule has 0 radical (unpaired) electrons. The summed E-state index contributed by atoms with van der Waals surface area (Å²) in [6.07, 6.45) is 4.70. The van der Waals surface area contributed by atoms with Crippen LogP contribution in [-0.4, -0.2) is 97.4 Å². The number of anilines is 1. The molecular weight excluding hydrogens is 854 g/mol. The van der Waals surface area contributed by atoms with Crippen LogP contribution in [0.4, 0.5) is 5.82 Å². The molecule has 0 saturated carbocycles. The number of hydrogen-bond acceptors (Lipinski definition) is 8. The number of halogens is 2. The predicted octanol–water partition coefficient (Wildman–Crippen LogP) is 9.16. The third kappa shape index (κ3) is 10.6. The van der Waals surface area contributed by atoms with Crippen LogP contribution in [0.5, 0.6) is 5.75 Å². The zero-order valence-corrected chi connectivity index (χ0v) is 39.5. The van der Waals surface area contributed by atoms with E-state index in [2.05, 4.69) is 26.5 Å². The van der Waals surface area contributed by atoms with Crippen LogP contribution in [0.3, 0.4) is 0 Å². The number of carbonyl (C=O) groups is 2. The zero-order valence-electron chi connectivity index (χ0n) is 37.1. The van der Waals surface area contributed by atoms with Crippen LogP contribution in [-0.2, 0) is 44.0 Å². The molecule has 1 unspecified atom stereocenters. The van der Waals surface area contributed by atoms with Crippen molar-refractivity contribution in [1.82, 2.24) is 28.5 Å². The summed E-state index contributed by atoms with van der Waals surface area (Å²) in [5, 5.41) is 7.07. The lowest BCUT2D eigenvalue weighted by molar-refractivity contribution is 0.111. The molecule has 1 atom stereocenters. The number of aldehydes is 2. The van der Waals surface area contributed by atoms with Gasteiger partial charge in [-0.1, -0.05) is 59.6 Å². The van der Waals surface area contributed by atoms with E-state index in [1.807, 2.05) is 105 Å². The second-order valence-corrected chi connectivity index (χ2v) is 18.9. The molecule has 6 aromatic rings. The quantitative estimate of drug-likeness (QED) is 0.0586. The first-order chi connectivity index (χ1) is 30.4. The molecule has 11 nitrogen and oxygen atoms in total. The third-order valence-electron chi connectivity index (χ3n) is 12.1. The molecule has 3 aromatic carbocycles. The van der Waals surface area contributed by atoms with Gasteiger partial charge in [-0.2, -0.15) is 5.10 Å². The topological polar surface area (TPSA) is 106 Å². The average Bonchev–Trinajstić information content (AvgIpc) is 3.72. The highest BCUT2D eigenvalue weighted by molar-refractivity contribution is 7.82. The van der Waals surface area contributed by atoms with E-state index in [0.29, 0.717) is 87.3 Å². The van der Waals surface area contributed by atoms with Gasteiger partial charge < -0.3 is 19.1 Å². The largest absolute Gasteiger partial charge is 0.494 e. The number of piperazine rings is 1. The molecule has 7 rings (SSSR count). The molecule has 0 bridgehead atoms. The summed E-state index contributed by atoms with van der Waals surface area (Å²) in [5.74, 6) is 2.13. The van der Waals surface area contributed by atoms with Gasteiger partial charge in [-0.05, 0) is 120 Å². The van der Waals surface area contributed by atoms with Gasteiger partial charge in [0.2, 0.25) is 0 Å². The van der Waals surface area contributed by atoms with E-state index in [1.165, 1.54) is 5.56 Å². The summed E-state index contributed by atoms with van der Waals surface area (Å²) in [7, 11) is 2.92. The number of rotatable bonds is 19. The Hall–Kier alpha value is -4.85. The van der Waals surface area contributed by atoms with Crippen molar-refractivity contribution in [2.24, 2.45) is 7.05 Å². The van der Waals surface area contributed by atoms with Gasteiger partial charge in [0.25, 0.3) is 0 Å². The molecule has 1 aliphatic heterocycles. The van der Waals surface area contributed by atoms with Crippen molar-refractivity contribution in [3.8, 4) is 16.9 Å². The van der Waals surface area contributed by atoms with Gasteiger partial charge in [-0.15, -0.1) is 0 Å². The summed E-state index contributed by atoms with van der Waals surface area (Å²) in [6, 6.07) is 21.7. The van der Waals surface area contributed by atoms with E-state index in [9.17, 15) is 13.8 Å². The fourth-order valence-electron chi connectivity index (χ4n) is 8.80. The Morgan fingerprint density at radius 1 is 0.873 bits per heavy atom. The summed E-state index contributed by atoms with van der Waals surface area (Å²) >= 11 is 13.5. The van der Waals surface area contributed by atoms with Crippen LogP contribution in [0.25, 0.3) is 22.0 Å². The Kier molecular flexibility index (Phi) is 15.2. The molecule has 0 spiro atoms. The van der Waals surface area contributed by atoms with Crippen molar-refractivity contribution in [3.63, 3.8) is 0 Å². The van der Waals surface area contributed by atoms with Gasteiger partial charge >= 0.3 is 0 Å². The van der Waals surface area contributed by atoms with Crippen molar-refractivity contribution in [2.75, 3.05) is 57.0 Å². The van der Waals surface area contributed by atoms with Gasteiger partial charge in [-0.25, -0.2) is 13.5 Å². The molecule has 3 aromatic heterocycles. The zero-order chi connectivity index (χ0) is 44.8. The van der Waals surface area contributed by atoms with Crippen LogP contribution < -0.4 is 9.64 Å². The fourth-order valence-corrected chi connectivity index (χ4v) is 10.4. The number of ether oxygens (including phenoxy) is 1. The number of aromatic nitrogens is 4. The first kappa shape index (κ1) is 46.2. The van der Waals surface area contributed by atoms with Gasteiger partial charge in [0.1, 0.15) is 17.9 Å². The molecule has 4 heterocycles. The third-order valence-corrected chi connectivity index (χ3v) is 14.5. The van der Waals surface area contributed by atoms with E-state index in [0.717, 1.165) is 97.8 Å². The van der Waals surface area contributed by atoms with Gasteiger partial charge in [-0.3, -0.25) is 14.3 Å². The second-order valence-electron chi connectivity index (χ2n) is 16.6. The van der Waals surface area contributed by atoms with Crippen LogP contribution in [0.2, 0.25) is 10.0 Å². The van der Waals surface area contributed by atoms with Crippen LogP contribution in [0.1, 0.15) is 73.0 Å². The lowest BCUT2D eigenvalue weighted by Crippen LogP contribution is -2.47. The molecule has 1 aliphatic rings. The maximum absolute atomic E-state index is 13.2. The molecule has 332 valence electrons. The van der Waals surface area contributed by atoms with E-state index in [-0.39, 0.29) is 0 Å². The smallest absolute Gasteiger partial charge is 0.166 e. The molecule has 63 heavy (non-hydrogen) atoms. The molecule has 1 saturated heterocycles. The van der Waals surface area contributed by atoms with Crippen LogP contribution >= 0.6 is 23.2 Å². The Labute approximate surface area is 383 Å². The number of carbonyl (C=O) groups excluding carboxylic acids is 2. The van der Waals surface area contributed by atoms with Crippen molar-refractivity contribution >= 4 is 63.5 Å². The van der Waals surface area contributed by atoms with Gasteiger partial charge in [0, 0.05) is 84.9 Å². The SMILES string of the molecule is Cc1cc(OCCCc2c(C=O)n(CCCN(C)Cc3cc(C=O)cc(N4CCN(S(=O)CCc5ccccc5)CC4)n3)c3c(-c4c(C)nn(C)c4C)c(Cl)ccc23)cc(C)c1Cl. The number of pyridine rings is 1. The summed E-state index contributed by atoms with van der Waals surface area (Å²) in [4.78, 5) is 34.7. The molecule has 14 heteroatoms. The minimum atomic E-state index is -1.06. The highest BCUT2D eigenvalue weighted by atomic mass is 35.5. The molecule has 0 N–H and O–H groups in total. The van der Waals surface area contributed by atoms with E-state index >= 15 is 0 Å². The van der Waals surface area contributed by atoms with E-state index < -0.39 is 11.0 Å². The predicted molar refractivity (Wildman–Crippen MR) is 256 cm³/mol. The fraction of sp³-hybridized carbons (Fsp3) is 0.388. The van der Waals surface area contributed by atoms with E-state index in [4.69, 9.17) is 38.0 Å². The Bertz CT molecular complexity index is 2600. The van der Waals surface area contributed by atoms with Crippen molar-refractivity contribution in [2.45, 2.75) is 66.5 Å². The van der Waals surface area contributed by atoms with Crippen molar-refractivity contribution in [3.05, 3.63) is 127 Å². The normalized spacial score (nSPS) is 13.9. The van der Waals surface area contributed by atoms with Crippen LogP contribution in [0.15, 0.2) is 66.7 Å². The average molecular weight is 911 g/mol. The first-order valence-electron chi connectivity index (χ1n) is 21.6. The van der Waals surface area contributed by atoms with Crippen molar-refractivity contribution in [1.29, 1.82) is 0 Å². The standard InChI is InChI=1S/C49H57Cl2N7O4S/c1-33-26-40(27-34(2)48(33)51)62-24-10-14-41-42-15-16-43(50)47(46-35(3)53-55(6)36(46)4)49(42)58(44(41)32-60)19-11-18-54(5)30-39-28-38(31-59)29-45(52-39)56-20-22-57(23-21-56)63(61)25-17-37-12-8-7-9-13-37/h7-9,12-13,15-16,26-29,31-32H,10-11,14,17-25,30H2,1-6H3. The number of hydrogen-bond donors (Lipinski definition) is 0. The number of fused-ring (bicyclic) bond motifs is 1. The van der Waals surface area contributed by atoms with Gasteiger partial charge in [0.05, 0.1) is 45.2 Å². The lowest BCUT2D eigenvalue weighted by Gasteiger charge is -2.34. The molecule has 0 amide bonds. The van der Waals surface area contributed by atoms with Crippen molar-refractivity contribution < 1.29 is 18.5 Å². The highest BCUT2D eigenvalue weighted by Crippen LogP contribution is 2.42. The summed E-state index contributed by atoms with van der Waals surface area (Å²) in [6.45, 7) is 12.9. The molecule has 0 aliphatic carbocycles. The van der Waals surface area contributed by atoms with E-state index in [1.54, 1.807) is 0 Å². The molecule has 1 fully saturated rings. The first-order valence-corrected chi connectivity index (χ1v) is 23.7. The number of aryl methyl sites for hydroxylation is 7. The minimum absolute atomic E-state index is 0.477. The summed E-state index contributed by atoms with van der Waals surface area (Å²) < 4.78 is 25.4. The van der Waals surface area contributed by atoms with Gasteiger partial charge in [0.15, 0.2) is 6.29 Å². The lowest BCUT2D eigenvalue weighted by atomic mass is 9.98. The number of benzene rings is 3. The second kappa shape index (κ2) is 20.8. The highest BCUT2D eigenvalue weighted by Gasteiger charge is 2.26. The Morgan fingerprint density at radius 3 is 2.27 bits per heavy atom.